The van der Waals surface area contributed by atoms with Gasteiger partial charge in [-0.25, -0.2) is 13.8 Å². The fourth-order valence-corrected chi connectivity index (χ4v) is 3.23. The van der Waals surface area contributed by atoms with Crippen molar-refractivity contribution in [2.75, 3.05) is 0 Å². The maximum Gasteiger partial charge on any atom is 0.192 e. The Kier molecular flexibility index (Phi) is 8.98. The summed E-state index contributed by atoms with van der Waals surface area (Å²) in [5.41, 5.74) is 5.40. The molecule has 0 aliphatic carbocycles. The lowest BCUT2D eigenvalue weighted by molar-refractivity contribution is 0.507. The first-order chi connectivity index (χ1) is 14.8. The molecule has 0 saturated carbocycles. The minimum absolute atomic E-state index is 0.0288. The van der Waals surface area contributed by atoms with Gasteiger partial charge in [0.05, 0.1) is 18.6 Å². The van der Waals surface area contributed by atoms with Crippen LogP contribution in [0.3, 0.4) is 0 Å². The van der Waals surface area contributed by atoms with Crippen molar-refractivity contribution in [1.82, 2.24) is 10.6 Å². The number of aryl methyl sites for hydroxylation is 1. The van der Waals surface area contributed by atoms with Gasteiger partial charge in [-0.1, -0.05) is 67.5 Å². The van der Waals surface area contributed by atoms with Crippen LogP contribution in [0.15, 0.2) is 70.8 Å². The number of hydrogen-bond acceptors (Lipinski definition) is 1. The van der Waals surface area contributed by atoms with E-state index in [4.69, 9.17) is 0 Å². The summed E-state index contributed by atoms with van der Waals surface area (Å²) in [6, 6.07) is 12.4. The number of hydrogen-bond donors (Lipinski definition) is 2. The Balaban J connectivity index is 0.00000166. The van der Waals surface area contributed by atoms with Crippen LogP contribution in [0.1, 0.15) is 57.4 Å². The van der Waals surface area contributed by atoms with E-state index in [0.29, 0.717) is 11.5 Å². The number of halogens is 2. The fourth-order valence-electron chi connectivity index (χ4n) is 3.23. The molecule has 1 heterocycles. The van der Waals surface area contributed by atoms with Crippen LogP contribution in [0.4, 0.5) is 8.78 Å². The molecule has 1 saturated heterocycles. The van der Waals surface area contributed by atoms with E-state index in [1.807, 2.05) is 13.8 Å². The van der Waals surface area contributed by atoms with Crippen LogP contribution >= 0.6 is 0 Å². The Hall–Kier alpha value is -2.95. The fraction of sp³-hybridized carbons (Fsp3) is 0.346. The lowest BCUT2D eigenvalue weighted by Crippen LogP contribution is -2.29. The molecule has 3 nitrogen and oxygen atoms in total. The van der Waals surface area contributed by atoms with E-state index in [2.05, 4.69) is 79.7 Å². The van der Waals surface area contributed by atoms with Crippen molar-refractivity contribution in [2.45, 2.75) is 60.2 Å². The van der Waals surface area contributed by atoms with E-state index in [9.17, 15) is 8.78 Å². The predicted octanol–water partition coefficient (Wildman–Crippen LogP) is 6.37. The molecule has 1 aliphatic rings. The second-order valence-electron chi connectivity index (χ2n) is 7.72. The van der Waals surface area contributed by atoms with E-state index >= 15 is 0 Å². The van der Waals surface area contributed by atoms with Gasteiger partial charge in [-0.15, -0.1) is 0 Å². The largest absolute Gasteiger partial charge is 0.347 e. The van der Waals surface area contributed by atoms with Crippen molar-refractivity contribution in [3.63, 3.8) is 0 Å². The summed E-state index contributed by atoms with van der Waals surface area (Å²) >= 11 is 0. The molecule has 2 aromatic carbocycles. The van der Waals surface area contributed by atoms with Crippen LogP contribution in [-0.2, 0) is 6.54 Å². The van der Waals surface area contributed by atoms with Crippen molar-refractivity contribution >= 4 is 5.96 Å². The van der Waals surface area contributed by atoms with Crippen molar-refractivity contribution in [3.8, 4) is 0 Å². The first-order valence-corrected chi connectivity index (χ1v) is 10.7. The molecule has 0 unspecified atom stereocenters. The Labute approximate surface area is 185 Å². The minimum atomic E-state index is -0.856. The van der Waals surface area contributed by atoms with E-state index in [-0.39, 0.29) is 18.6 Å². The summed E-state index contributed by atoms with van der Waals surface area (Å²) in [5.74, 6) is -1.06. The van der Waals surface area contributed by atoms with Gasteiger partial charge in [0, 0.05) is 0 Å². The average molecular weight is 426 g/mol. The predicted molar refractivity (Wildman–Crippen MR) is 126 cm³/mol. The summed E-state index contributed by atoms with van der Waals surface area (Å²) < 4.78 is 26.6. The van der Waals surface area contributed by atoms with Gasteiger partial charge in [0.1, 0.15) is 0 Å². The van der Waals surface area contributed by atoms with Gasteiger partial charge in [0.15, 0.2) is 17.6 Å². The van der Waals surface area contributed by atoms with E-state index in [0.717, 1.165) is 11.6 Å². The molecule has 5 heteroatoms. The summed E-state index contributed by atoms with van der Waals surface area (Å²) in [6.07, 6.45) is 4.22. The van der Waals surface area contributed by atoms with Crippen molar-refractivity contribution in [3.05, 3.63) is 94.1 Å². The SMILES string of the molecule is CC.CC(C)=C/C=C(\C)[C@H]1NC(=NCc2ccc(F)c(F)c2)N[C@H]1c1ccc(C)cc1. The van der Waals surface area contributed by atoms with Gasteiger partial charge in [-0.05, 0) is 56.5 Å². The van der Waals surface area contributed by atoms with Crippen molar-refractivity contribution in [2.24, 2.45) is 4.99 Å². The number of nitrogens with zero attached hydrogens (tertiary/aromatic N) is 1. The third-order valence-corrected chi connectivity index (χ3v) is 4.93. The summed E-state index contributed by atoms with van der Waals surface area (Å²) in [4.78, 5) is 4.55. The molecule has 3 rings (SSSR count). The van der Waals surface area contributed by atoms with E-state index in [1.54, 1.807) is 6.07 Å². The van der Waals surface area contributed by atoms with Gasteiger partial charge in [-0.2, -0.15) is 0 Å². The van der Waals surface area contributed by atoms with Crippen LogP contribution < -0.4 is 10.6 Å². The zero-order valence-corrected chi connectivity index (χ0v) is 19.3. The molecule has 1 aliphatic heterocycles. The van der Waals surface area contributed by atoms with Crippen molar-refractivity contribution < 1.29 is 8.78 Å². The number of aliphatic imine (C=N–C) groups is 1. The average Bonchev–Trinajstić information content (AvgIpc) is 3.19. The molecule has 2 atom stereocenters. The minimum Gasteiger partial charge on any atom is -0.347 e. The molecule has 0 bridgehead atoms. The Morgan fingerprint density at radius 2 is 1.61 bits per heavy atom. The molecule has 0 radical (unpaired) electrons. The Bertz CT molecular complexity index is 955. The van der Waals surface area contributed by atoms with Gasteiger partial charge >= 0.3 is 0 Å². The standard InChI is InChI=1S/C24H27F2N3.C2H6/c1-15(2)5-8-17(4)22-23(19-10-6-16(3)7-11-19)29-24(28-22)27-14-18-9-12-20(25)21(26)13-18;1-2/h5-13,22-23H,14H2,1-4H3,(H2,27,28,29);1-2H3/b17-8+;/t22-,23+;/m1./s1. The quantitative estimate of drug-likeness (QED) is 0.546. The smallest absolute Gasteiger partial charge is 0.192 e. The third kappa shape index (κ3) is 6.78. The van der Waals surface area contributed by atoms with Crippen molar-refractivity contribution in [1.29, 1.82) is 0 Å². The van der Waals surface area contributed by atoms with Crippen LogP contribution in [0, 0.1) is 18.6 Å². The number of nitrogens with one attached hydrogen (secondary N) is 2. The zero-order valence-electron chi connectivity index (χ0n) is 19.3. The summed E-state index contributed by atoms with van der Waals surface area (Å²) in [6.45, 7) is 12.6. The first-order valence-electron chi connectivity index (χ1n) is 10.7. The number of guanidine groups is 1. The molecule has 31 heavy (non-hydrogen) atoms. The zero-order chi connectivity index (χ0) is 23.0. The molecule has 0 aromatic heterocycles. The maximum atomic E-state index is 13.4. The van der Waals surface area contributed by atoms with Gasteiger partial charge in [0.2, 0.25) is 0 Å². The first kappa shape index (κ1) is 24.3. The van der Waals surface area contributed by atoms with Gasteiger partial charge in [0.25, 0.3) is 0 Å². The highest BCUT2D eigenvalue weighted by molar-refractivity contribution is 5.84. The van der Waals surface area contributed by atoms with Crippen LogP contribution in [0.5, 0.6) is 0 Å². The molecule has 166 valence electrons. The second kappa shape index (κ2) is 11.4. The molecule has 0 spiro atoms. The van der Waals surface area contributed by atoms with Crippen LogP contribution in [0.2, 0.25) is 0 Å². The Morgan fingerprint density at radius 1 is 0.935 bits per heavy atom. The van der Waals surface area contributed by atoms with Crippen LogP contribution in [-0.4, -0.2) is 12.0 Å². The topological polar surface area (TPSA) is 36.4 Å². The normalized spacial score (nSPS) is 19.2. The maximum absolute atomic E-state index is 13.4. The lowest BCUT2D eigenvalue weighted by Gasteiger charge is -2.20. The highest BCUT2D eigenvalue weighted by Crippen LogP contribution is 2.26. The monoisotopic (exact) mass is 425 g/mol. The number of rotatable bonds is 5. The van der Waals surface area contributed by atoms with Crippen LogP contribution in [0.25, 0.3) is 0 Å². The molecule has 1 fully saturated rings. The lowest BCUT2D eigenvalue weighted by atomic mass is 9.94. The summed E-state index contributed by atoms with van der Waals surface area (Å²) in [5, 5.41) is 6.90. The molecule has 2 N–H and O–H groups in total. The summed E-state index contributed by atoms with van der Waals surface area (Å²) in [7, 11) is 0. The molecular formula is C26H33F2N3. The van der Waals surface area contributed by atoms with E-state index < -0.39 is 11.6 Å². The molecular weight excluding hydrogens is 392 g/mol. The third-order valence-electron chi connectivity index (χ3n) is 4.93. The molecule has 0 amide bonds. The van der Waals surface area contributed by atoms with Gasteiger partial charge in [-0.3, -0.25) is 0 Å². The highest BCUT2D eigenvalue weighted by atomic mass is 19.2. The molecule has 2 aromatic rings. The second-order valence-corrected chi connectivity index (χ2v) is 7.72. The Morgan fingerprint density at radius 3 is 2.23 bits per heavy atom. The number of benzene rings is 2. The highest BCUT2D eigenvalue weighted by Gasteiger charge is 2.32. The van der Waals surface area contributed by atoms with Gasteiger partial charge < -0.3 is 10.6 Å². The number of allylic oxidation sites excluding steroid dienone is 3. The van der Waals surface area contributed by atoms with E-state index in [1.165, 1.54) is 22.8 Å².